The molecule has 0 bridgehead atoms. The lowest BCUT2D eigenvalue weighted by atomic mass is 10.1. The molecule has 4 aromatic rings. The summed E-state index contributed by atoms with van der Waals surface area (Å²) in [5, 5.41) is 3.34. The van der Waals surface area contributed by atoms with E-state index in [0.717, 1.165) is 30.6 Å². The molecule has 2 aromatic carbocycles. The monoisotopic (exact) mass is 537 g/mol. The fraction of sp³-hybridized carbons (Fsp3) is 0.393. The van der Waals surface area contributed by atoms with Crippen molar-refractivity contribution in [1.82, 2.24) is 19.5 Å². The molecule has 39 heavy (non-hydrogen) atoms. The summed E-state index contributed by atoms with van der Waals surface area (Å²) >= 11 is 0. The van der Waals surface area contributed by atoms with Crippen LogP contribution in [0, 0.1) is 0 Å². The third-order valence-corrected chi connectivity index (χ3v) is 7.30. The molecular weight excluding hydrogens is 507 g/mol. The maximum absolute atomic E-state index is 14.1. The Balaban J connectivity index is 1.31. The summed E-state index contributed by atoms with van der Waals surface area (Å²) < 4.78 is 48.4. The van der Waals surface area contributed by atoms with Crippen LogP contribution in [0.1, 0.15) is 30.7 Å². The molecule has 204 valence electrons. The highest BCUT2D eigenvalue weighted by molar-refractivity contribution is 5.78. The largest absolute Gasteiger partial charge is 0.378 e. The van der Waals surface area contributed by atoms with Gasteiger partial charge in [-0.25, -0.2) is 18.2 Å². The molecule has 0 unspecified atom stereocenters. The van der Waals surface area contributed by atoms with Crippen molar-refractivity contribution in [2.24, 2.45) is 0 Å². The number of para-hydroxylation sites is 2. The Morgan fingerprint density at radius 2 is 1.77 bits per heavy atom. The standard InChI is InChI=1S/C28H30F3N7O/c29-17-21-4-3-11-37(21)20-9-7-19(8-10-20)18-32-24-16-25(35-28(34-24)36-12-14-39-15-13-36)38-23-6-2-1-5-22(23)33-27(38)26(30)31/h1-2,5-10,16,21,26H,3-4,11-15,17-18H2,(H,32,34,35)/t21-/m1/s1. The Labute approximate surface area is 224 Å². The van der Waals surface area contributed by atoms with Crippen LogP contribution in [0.3, 0.4) is 0 Å². The highest BCUT2D eigenvalue weighted by atomic mass is 19.3. The normalized spacial score (nSPS) is 17.9. The predicted molar refractivity (Wildman–Crippen MR) is 145 cm³/mol. The Hall–Kier alpha value is -3.86. The second-order valence-corrected chi connectivity index (χ2v) is 9.77. The van der Waals surface area contributed by atoms with E-state index >= 15 is 0 Å². The molecule has 1 N–H and O–H groups in total. The highest BCUT2D eigenvalue weighted by Crippen LogP contribution is 2.30. The molecule has 2 aliphatic heterocycles. The van der Waals surface area contributed by atoms with Crippen molar-refractivity contribution in [3.63, 3.8) is 0 Å². The van der Waals surface area contributed by atoms with Gasteiger partial charge in [-0.3, -0.25) is 4.57 Å². The molecule has 0 aliphatic carbocycles. The average Bonchev–Trinajstić information content (AvgIpc) is 3.62. The number of nitrogens with one attached hydrogen (secondary N) is 1. The lowest BCUT2D eigenvalue weighted by molar-refractivity contribution is 0.122. The first-order valence-electron chi connectivity index (χ1n) is 13.2. The second-order valence-electron chi connectivity index (χ2n) is 9.77. The number of halogens is 3. The number of benzene rings is 2. The fourth-order valence-electron chi connectivity index (χ4n) is 5.30. The van der Waals surface area contributed by atoms with Crippen molar-refractivity contribution in [3.8, 4) is 5.82 Å². The van der Waals surface area contributed by atoms with Crippen molar-refractivity contribution in [2.75, 3.05) is 54.6 Å². The van der Waals surface area contributed by atoms with E-state index in [0.29, 0.717) is 61.5 Å². The van der Waals surface area contributed by atoms with Gasteiger partial charge in [0.05, 0.1) is 30.3 Å². The van der Waals surface area contributed by atoms with Gasteiger partial charge >= 0.3 is 0 Å². The SMILES string of the molecule is FC[C@H]1CCCN1c1ccc(CNc2cc(-n3c(C(F)F)nc4ccccc43)nc(N3CCOCC3)n2)cc1. The zero-order chi connectivity index (χ0) is 26.8. The van der Waals surface area contributed by atoms with Crippen LogP contribution in [0.4, 0.5) is 30.6 Å². The number of nitrogens with zero attached hydrogens (tertiary/aromatic N) is 6. The quantitative estimate of drug-likeness (QED) is 0.334. The van der Waals surface area contributed by atoms with Crippen LogP contribution in [0.25, 0.3) is 16.9 Å². The minimum Gasteiger partial charge on any atom is -0.378 e. The lowest BCUT2D eigenvalue weighted by Gasteiger charge is -2.27. The van der Waals surface area contributed by atoms with Gasteiger partial charge in [0.25, 0.3) is 6.43 Å². The van der Waals surface area contributed by atoms with Crippen LogP contribution in [-0.2, 0) is 11.3 Å². The van der Waals surface area contributed by atoms with Crippen LogP contribution in [-0.4, -0.2) is 65.1 Å². The summed E-state index contributed by atoms with van der Waals surface area (Å²) in [5.74, 6) is 0.913. The molecular formula is C28H30F3N7O. The number of imidazole rings is 1. The molecule has 0 spiro atoms. The zero-order valence-corrected chi connectivity index (χ0v) is 21.4. The van der Waals surface area contributed by atoms with E-state index in [1.54, 1.807) is 30.3 Å². The van der Waals surface area contributed by atoms with Gasteiger partial charge in [-0.1, -0.05) is 24.3 Å². The van der Waals surface area contributed by atoms with Gasteiger partial charge in [-0.15, -0.1) is 0 Å². The molecule has 6 rings (SSSR count). The summed E-state index contributed by atoms with van der Waals surface area (Å²) in [6, 6.07) is 16.7. The maximum atomic E-state index is 14.1. The number of rotatable bonds is 8. The minimum atomic E-state index is -2.78. The van der Waals surface area contributed by atoms with Crippen LogP contribution in [0.15, 0.2) is 54.6 Å². The van der Waals surface area contributed by atoms with Gasteiger partial charge in [-0.05, 0) is 42.7 Å². The first kappa shape index (κ1) is 25.4. The van der Waals surface area contributed by atoms with E-state index in [9.17, 15) is 13.2 Å². The molecule has 2 fully saturated rings. The molecule has 0 radical (unpaired) electrons. The van der Waals surface area contributed by atoms with Gasteiger partial charge < -0.3 is 19.9 Å². The first-order valence-corrected chi connectivity index (χ1v) is 13.2. The molecule has 0 amide bonds. The number of ether oxygens (including phenoxy) is 1. The number of fused-ring (bicyclic) bond motifs is 1. The van der Waals surface area contributed by atoms with Crippen molar-refractivity contribution in [2.45, 2.75) is 31.9 Å². The summed E-state index contributed by atoms with van der Waals surface area (Å²) in [6.07, 6.45) is -0.901. The molecule has 2 aromatic heterocycles. The van der Waals surface area contributed by atoms with Gasteiger partial charge in [-0.2, -0.15) is 9.97 Å². The van der Waals surface area contributed by atoms with E-state index < -0.39 is 6.43 Å². The van der Waals surface area contributed by atoms with Gasteiger partial charge in [0, 0.05) is 37.9 Å². The van der Waals surface area contributed by atoms with Gasteiger partial charge in [0.1, 0.15) is 18.3 Å². The predicted octanol–water partition coefficient (Wildman–Crippen LogP) is 5.14. The van der Waals surface area contributed by atoms with Crippen molar-refractivity contribution in [1.29, 1.82) is 0 Å². The number of hydrogen-bond acceptors (Lipinski definition) is 7. The molecule has 2 saturated heterocycles. The van der Waals surface area contributed by atoms with Crippen molar-refractivity contribution < 1.29 is 17.9 Å². The molecule has 8 nitrogen and oxygen atoms in total. The van der Waals surface area contributed by atoms with E-state index in [4.69, 9.17) is 14.7 Å². The number of morpholine rings is 1. The van der Waals surface area contributed by atoms with Gasteiger partial charge in [0.15, 0.2) is 5.82 Å². The zero-order valence-electron chi connectivity index (χ0n) is 21.4. The second kappa shape index (κ2) is 11.1. The Morgan fingerprint density at radius 3 is 2.54 bits per heavy atom. The third-order valence-electron chi connectivity index (χ3n) is 7.30. The number of hydrogen-bond donors (Lipinski definition) is 1. The third kappa shape index (κ3) is 5.23. The van der Waals surface area contributed by atoms with E-state index in [1.807, 2.05) is 29.2 Å². The summed E-state index contributed by atoms with van der Waals surface area (Å²) in [5.41, 5.74) is 3.06. The minimum absolute atomic E-state index is 0.0515. The number of anilines is 3. The smallest absolute Gasteiger partial charge is 0.296 e. The van der Waals surface area contributed by atoms with Crippen molar-refractivity contribution >= 4 is 28.5 Å². The van der Waals surface area contributed by atoms with E-state index in [2.05, 4.69) is 15.2 Å². The maximum Gasteiger partial charge on any atom is 0.296 e. The average molecular weight is 538 g/mol. The molecule has 0 saturated carbocycles. The van der Waals surface area contributed by atoms with Gasteiger partial charge in [0.2, 0.25) is 5.95 Å². The molecule has 2 aliphatic rings. The lowest BCUT2D eigenvalue weighted by Crippen LogP contribution is -2.37. The van der Waals surface area contributed by atoms with Crippen molar-refractivity contribution in [3.05, 3.63) is 66.0 Å². The molecule has 4 heterocycles. The Morgan fingerprint density at radius 1 is 0.974 bits per heavy atom. The van der Waals surface area contributed by atoms with Crippen LogP contribution < -0.4 is 15.1 Å². The summed E-state index contributed by atoms with van der Waals surface area (Å²) in [6.45, 7) is 3.28. The first-order chi connectivity index (χ1) is 19.1. The van der Waals surface area contributed by atoms with E-state index in [-0.39, 0.29) is 18.5 Å². The Bertz CT molecular complexity index is 1420. The summed E-state index contributed by atoms with van der Waals surface area (Å²) in [7, 11) is 0. The van der Waals surface area contributed by atoms with Crippen LogP contribution in [0.2, 0.25) is 0 Å². The summed E-state index contributed by atoms with van der Waals surface area (Å²) in [4.78, 5) is 17.7. The number of alkyl halides is 3. The molecule has 1 atom stereocenters. The molecule has 11 heteroatoms. The topological polar surface area (TPSA) is 71.3 Å². The number of aromatic nitrogens is 4. The van der Waals surface area contributed by atoms with Crippen LogP contribution in [0.5, 0.6) is 0 Å². The van der Waals surface area contributed by atoms with E-state index in [1.165, 1.54) is 4.57 Å². The highest BCUT2D eigenvalue weighted by Gasteiger charge is 2.25. The Kier molecular flexibility index (Phi) is 7.23. The fourth-order valence-corrected chi connectivity index (χ4v) is 5.30. The van der Waals surface area contributed by atoms with Crippen LogP contribution >= 0.6 is 0 Å².